The van der Waals surface area contributed by atoms with Crippen LogP contribution in [0.3, 0.4) is 0 Å². The van der Waals surface area contributed by atoms with Gasteiger partial charge in [-0.1, -0.05) is 34.6 Å². The smallest absolute Gasteiger partial charge is 0.0965 e. The summed E-state index contributed by atoms with van der Waals surface area (Å²) in [5.74, 6) is 0.319. The summed E-state index contributed by atoms with van der Waals surface area (Å²) in [7, 11) is 0. The molecule has 0 spiro atoms. The summed E-state index contributed by atoms with van der Waals surface area (Å²) in [4.78, 5) is 0. The van der Waals surface area contributed by atoms with E-state index >= 15 is 0 Å². The molecule has 0 saturated heterocycles. The Bertz CT molecular complexity index is 167. The molecule has 3 N–H and O–H groups in total. The lowest BCUT2D eigenvalue weighted by Gasteiger charge is -2.33. The molecular formula is C10H22N2. The van der Waals surface area contributed by atoms with E-state index in [9.17, 15) is 0 Å². The molecule has 0 rings (SSSR count). The summed E-state index contributed by atoms with van der Waals surface area (Å²) in [6.45, 7) is 10.7. The molecule has 2 heteroatoms. The molecule has 72 valence electrons. The Morgan fingerprint density at radius 3 is 1.75 bits per heavy atom. The van der Waals surface area contributed by atoms with Crippen molar-refractivity contribution in [1.82, 2.24) is 0 Å². The largest absolute Gasteiger partial charge is 0.387 e. The fraction of sp³-hybridized carbons (Fsp3) is 0.900. The van der Waals surface area contributed by atoms with Gasteiger partial charge >= 0.3 is 0 Å². The van der Waals surface area contributed by atoms with Crippen LogP contribution in [0.25, 0.3) is 0 Å². The first-order valence-electron chi connectivity index (χ1n) is 4.56. The number of hydrogen-bond acceptors (Lipinski definition) is 1. The van der Waals surface area contributed by atoms with Gasteiger partial charge in [-0.2, -0.15) is 0 Å². The quantitative estimate of drug-likeness (QED) is 0.496. The fourth-order valence-corrected chi connectivity index (χ4v) is 1.58. The lowest BCUT2D eigenvalue weighted by Crippen LogP contribution is -2.36. The third-order valence-corrected chi connectivity index (χ3v) is 2.35. The predicted octanol–water partition coefficient (Wildman–Crippen LogP) is 2.77. The Morgan fingerprint density at radius 2 is 1.67 bits per heavy atom. The topological polar surface area (TPSA) is 49.9 Å². The van der Waals surface area contributed by atoms with E-state index in [0.29, 0.717) is 5.84 Å². The van der Waals surface area contributed by atoms with Gasteiger partial charge in [-0.3, -0.25) is 5.41 Å². The lowest BCUT2D eigenvalue weighted by atomic mass is 9.73. The highest BCUT2D eigenvalue weighted by molar-refractivity contribution is 5.83. The molecule has 0 radical (unpaired) electrons. The zero-order chi connectivity index (χ0) is 9.99. The summed E-state index contributed by atoms with van der Waals surface area (Å²) in [5, 5.41) is 7.51. The van der Waals surface area contributed by atoms with Gasteiger partial charge in [-0.05, 0) is 18.3 Å². The van der Waals surface area contributed by atoms with E-state index < -0.39 is 0 Å². The summed E-state index contributed by atoms with van der Waals surface area (Å²) < 4.78 is 0. The van der Waals surface area contributed by atoms with Crippen LogP contribution in [0.1, 0.15) is 47.5 Å². The van der Waals surface area contributed by atoms with Crippen LogP contribution < -0.4 is 5.73 Å². The van der Waals surface area contributed by atoms with Crippen molar-refractivity contribution >= 4 is 5.84 Å². The standard InChI is InChI=1S/C10H22N2/c1-6-10(5,8(11)12)7-9(2,3)4/h6-7H2,1-5H3,(H3,11,12). The lowest BCUT2D eigenvalue weighted by molar-refractivity contribution is 0.253. The molecule has 1 unspecified atom stereocenters. The van der Waals surface area contributed by atoms with Crippen molar-refractivity contribution < 1.29 is 0 Å². The zero-order valence-electron chi connectivity index (χ0n) is 8.99. The van der Waals surface area contributed by atoms with Crippen LogP contribution in [0.4, 0.5) is 0 Å². The van der Waals surface area contributed by atoms with Gasteiger partial charge in [0.15, 0.2) is 0 Å². The molecule has 1 atom stereocenters. The van der Waals surface area contributed by atoms with Gasteiger partial charge in [-0.25, -0.2) is 0 Å². The molecule has 0 aromatic heterocycles. The van der Waals surface area contributed by atoms with Crippen LogP contribution in [0, 0.1) is 16.2 Å². The summed E-state index contributed by atoms with van der Waals surface area (Å²) in [5.41, 5.74) is 5.71. The fourth-order valence-electron chi connectivity index (χ4n) is 1.58. The molecule has 0 aliphatic rings. The monoisotopic (exact) mass is 170 g/mol. The van der Waals surface area contributed by atoms with Gasteiger partial charge in [0.05, 0.1) is 5.84 Å². The number of amidine groups is 1. The van der Waals surface area contributed by atoms with Crippen molar-refractivity contribution in [1.29, 1.82) is 5.41 Å². The molecule has 2 nitrogen and oxygen atoms in total. The van der Waals surface area contributed by atoms with Crippen molar-refractivity contribution in [2.24, 2.45) is 16.6 Å². The Kier molecular flexibility index (Phi) is 3.31. The first kappa shape index (κ1) is 11.5. The normalized spacial score (nSPS) is 17.1. The van der Waals surface area contributed by atoms with Crippen molar-refractivity contribution in [2.75, 3.05) is 0 Å². The van der Waals surface area contributed by atoms with E-state index in [1.54, 1.807) is 0 Å². The second kappa shape index (κ2) is 3.46. The van der Waals surface area contributed by atoms with E-state index in [2.05, 4.69) is 34.6 Å². The van der Waals surface area contributed by atoms with Gasteiger partial charge in [0.2, 0.25) is 0 Å². The Hall–Kier alpha value is -0.530. The maximum absolute atomic E-state index is 7.51. The molecular weight excluding hydrogens is 148 g/mol. The molecule has 0 fully saturated rings. The minimum Gasteiger partial charge on any atom is -0.387 e. The average Bonchev–Trinajstić information content (AvgIpc) is 1.83. The highest BCUT2D eigenvalue weighted by Crippen LogP contribution is 2.35. The maximum Gasteiger partial charge on any atom is 0.0965 e. The molecule has 0 aromatic carbocycles. The van der Waals surface area contributed by atoms with Crippen LogP contribution in [0.2, 0.25) is 0 Å². The predicted molar refractivity (Wildman–Crippen MR) is 54.4 cm³/mol. The van der Waals surface area contributed by atoms with E-state index in [1.165, 1.54) is 0 Å². The van der Waals surface area contributed by atoms with E-state index in [-0.39, 0.29) is 10.8 Å². The van der Waals surface area contributed by atoms with Crippen LogP contribution in [-0.2, 0) is 0 Å². The third kappa shape index (κ3) is 3.24. The number of rotatable bonds is 3. The van der Waals surface area contributed by atoms with Gasteiger partial charge < -0.3 is 5.73 Å². The third-order valence-electron chi connectivity index (χ3n) is 2.35. The Morgan fingerprint density at radius 1 is 1.25 bits per heavy atom. The highest BCUT2D eigenvalue weighted by atomic mass is 14.7. The minimum atomic E-state index is -0.113. The first-order valence-corrected chi connectivity index (χ1v) is 4.56. The molecule has 0 amide bonds. The van der Waals surface area contributed by atoms with E-state index in [4.69, 9.17) is 11.1 Å². The maximum atomic E-state index is 7.51. The summed E-state index contributed by atoms with van der Waals surface area (Å²) in [6.07, 6.45) is 1.92. The number of nitrogens with two attached hydrogens (primary N) is 1. The van der Waals surface area contributed by atoms with Crippen LogP contribution in [0.5, 0.6) is 0 Å². The van der Waals surface area contributed by atoms with Gasteiger partial charge in [0, 0.05) is 5.41 Å². The molecule has 0 heterocycles. The van der Waals surface area contributed by atoms with Crippen molar-refractivity contribution in [3.63, 3.8) is 0 Å². The molecule has 0 aromatic rings. The van der Waals surface area contributed by atoms with Gasteiger partial charge in [-0.15, -0.1) is 0 Å². The van der Waals surface area contributed by atoms with Crippen molar-refractivity contribution in [2.45, 2.75) is 47.5 Å². The van der Waals surface area contributed by atoms with E-state index in [0.717, 1.165) is 12.8 Å². The second-order valence-corrected chi connectivity index (χ2v) is 5.07. The first-order chi connectivity index (χ1) is 5.21. The molecule has 0 aliphatic heterocycles. The van der Waals surface area contributed by atoms with Crippen LogP contribution in [0.15, 0.2) is 0 Å². The number of hydrogen-bond donors (Lipinski definition) is 2. The SMILES string of the molecule is CCC(C)(CC(C)(C)C)C(=N)N. The summed E-state index contributed by atoms with van der Waals surface area (Å²) in [6, 6.07) is 0. The van der Waals surface area contributed by atoms with Crippen LogP contribution >= 0.6 is 0 Å². The number of nitrogens with one attached hydrogen (secondary N) is 1. The molecule has 0 aliphatic carbocycles. The molecule has 12 heavy (non-hydrogen) atoms. The van der Waals surface area contributed by atoms with E-state index in [1.807, 2.05) is 0 Å². The Labute approximate surface area is 76.0 Å². The van der Waals surface area contributed by atoms with Crippen molar-refractivity contribution in [3.05, 3.63) is 0 Å². The average molecular weight is 170 g/mol. The van der Waals surface area contributed by atoms with Crippen molar-refractivity contribution in [3.8, 4) is 0 Å². The Balaban J connectivity index is 4.46. The summed E-state index contributed by atoms with van der Waals surface area (Å²) >= 11 is 0. The minimum absolute atomic E-state index is 0.113. The van der Waals surface area contributed by atoms with Gasteiger partial charge in [0.1, 0.15) is 0 Å². The highest BCUT2D eigenvalue weighted by Gasteiger charge is 2.30. The molecule has 0 saturated carbocycles. The van der Waals surface area contributed by atoms with Crippen LogP contribution in [-0.4, -0.2) is 5.84 Å². The molecule has 0 bridgehead atoms. The van der Waals surface area contributed by atoms with Gasteiger partial charge in [0.25, 0.3) is 0 Å². The zero-order valence-corrected chi connectivity index (χ0v) is 8.99. The second-order valence-electron chi connectivity index (χ2n) is 5.07.